The van der Waals surface area contributed by atoms with Gasteiger partial charge in [-0.05, 0) is 38.5 Å². The zero-order valence-corrected chi connectivity index (χ0v) is 17.4. The molecule has 29 heavy (non-hydrogen) atoms. The summed E-state index contributed by atoms with van der Waals surface area (Å²) >= 11 is 0. The number of H-pyrrole nitrogens is 1. The number of aromatic nitrogens is 2. The third-order valence-corrected chi connectivity index (χ3v) is 6.26. The van der Waals surface area contributed by atoms with Crippen LogP contribution in [0.5, 0.6) is 0 Å². The number of aromatic amines is 1. The highest BCUT2D eigenvalue weighted by Crippen LogP contribution is 2.62. The van der Waals surface area contributed by atoms with Crippen LogP contribution >= 0.6 is 0 Å². The Hall–Kier alpha value is -2.42. The molecule has 0 aromatic carbocycles. The molecule has 1 aliphatic heterocycles. The van der Waals surface area contributed by atoms with Gasteiger partial charge in [-0.1, -0.05) is 0 Å². The standard InChI is InChI=1S/C20H30N6O3/c1-10(2)21-20(28)18-13-5-11(6-14(13)18)15-8-17(24-23-15)22-19(27)16-7-12(9-29-4)25-26(16)3/h8,10-11,13-14,16,18H,5-7,9H2,1-4H3,(H,21,28)(H2,22,23,24,27)/t11?,13-,14+,16?,18?. The van der Waals surface area contributed by atoms with Crippen molar-refractivity contribution in [1.82, 2.24) is 20.5 Å². The zero-order valence-electron chi connectivity index (χ0n) is 17.4. The number of nitrogens with zero attached hydrogens (tertiary/aromatic N) is 3. The first kappa shape index (κ1) is 19.9. The second-order valence-corrected chi connectivity index (χ2v) is 8.78. The molecule has 2 saturated carbocycles. The van der Waals surface area contributed by atoms with Crippen LogP contribution in [0.3, 0.4) is 0 Å². The number of hydrogen-bond acceptors (Lipinski definition) is 6. The van der Waals surface area contributed by atoms with Crippen molar-refractivity contribution in [3.8, 4) is 0 Å². The SMILES string of the molecule is COCC1=NN(C)C(C(=O)Nc2cc(C3C[C@@H]4C(C(=O)NC(C)C)[C@@H]4C3)[nH]n2)C1. The molecule has 3 unspecified atom stereocenters. The zero-order chi connectivity index (χ0) is 20.7. The molecule has 1 aromatic heterocycles. The first-order valence-electron chi connectivity index (χ1n) is 10.3. The predicted octanol–water partition coefficient (Wildman–Crippen LogP) is 1.32. The minimum Gasteiger partial charge on any atom is -0.379 e. The summed E-state index contributed by atoms with van der Waals surface area (Å²) in [5, 5.41) is 19.3. The molecule has 158 valence electrons. The molecule has 0 bridgehead atoms. The topological polar surface area (TPSA) is 112 Å². The molecule has 0 radical (unpaired) electrons. The summed E-state index contributed by atoms with van der Waals surface area (Å²) in [6, 6.07) is 1.76. The Labute approximate surface area is 170 Å². The molecule has 3 N–H and O–H groups in total. The van der Waals surface area contributed by atoms with Crippen molar-refractivity contribution in [3.05, 3.63) is 11.8 Å². The maximum absolute atomic E-state index is 12.6. The van der Waals surface area contributed by atoms with Gasteiger partial charge in [-0.2, -0.15) is 10.2 Å². The van der Waals surface area contributed by atoms with E-state index in [1.54, 1.807) is 19.2 Å². The van der Waals surface area contributed by atoms with E-state index in [0.29, 0.717) is 36.6 Å². The van der Waals surface area contributed by atoms with E-state index in [9.17, 15) is 9.59 Å². The second-order valence-electron chi connectivity index (χ2n) is 8.78. The van der Waals surface area contributed by atoms with Crippen LogP contribution in [-0.4, -0.2) is 65.6 Å². The minimum atomic E-state index is -0.348. The van der Waals surface area contributed by atoms with Gasteiger partial charge in [0.25, 0.3) is 0 Å². The number of ether oxygens (including phenoxy) is 1. The highest BCUT2D eigenvalue weighted by atomic mass is 16.5. The van der Waals surface area contributed by atoms with E-state index in [0.717, 1.165) is 24.2 Å². The van der Waals surface area contributed by atoms with Gasteiger partial charge in [0.15, 0.2) is 5.82 Å². The lowest BCUT2D eigenvalue weighted by atomic mass is 9.96. The first-order chi connectivity index (χ1) is 13.9. The molecule has 9 heteroatoms. The van der Waals surface area contributed by atoms with Gasteiger partial charge in [0, 0.05) is 50.2 Å². The van der Waals surface area contributed by atoms with Crippen molar-refractivity contribution in [1.29, 1.82) is 0 Å². The van der Waals surface area contributed by atoms with Gasteiger partial charge in [-0.15, -0.1) is 0 Å². The number of methoxy groups -OCH3 is 1. The molecule has 2 amide bonds. The van der Waals surface area contributed by atoms with E-state index in [-0.39, 0.29) is 29.8 Å². The Morgan fingerprint density at radius 1 is 1.31 bits per heavy atom. The second kappa shape index (κ2) is 7.78. The number of likely N-dealkylation sites (N-methyl/N-ethyl adjacent to an activating group) is 1. The van der Waals surface area contributed by atoms with Crippen LogP contribution in [-0.2, 0) is 14.3 Å². The van der Waals surface area contributed by atoms with Crippen molar-refractivity contribution < 1.29 is 14.3 Å². The summed E-state index contributed by atoms with van der Waals surface area (Å²) in [6.45, 7) is 4.42. The number of rotatable bonds is 7. The highest BCUT2D eigenvalue weighted by Gasteiger charge is 2.59. The molecule has 2 aliphatic carbocycles. The van der Waals surface area contributed by atoms with Gasteiger partial charge in [0.2, 0.25) is 11.8 Å². The molecule has 4 rings (SSSR count). The van der Waals surface area contributed by atoms with Crippen molar-refractivity contribution in [2.24, 2.45) is 22.9 Å². The van der Waals surface area contributed by atoms with Crippen LogP contribution in [0.15, 0.2) is 11.2 Å². The normalized spacial score (nSPS) is 30.3. The van der Waals surface area contributed by atoms with E-state index in [2.05, 4.69) is 25.9 Å². The predicted molar refractivity (Wildman–Crippen MR) is 108 cm³/mol. The van der Waals surface area contributed by atoms with Crippen LogP contribution in [0.25, 0.3) is 0 Å². The van der Waals surface area contributed by atoms with Crippen LogP contribution in [0.4, 0.5) is 5.82 Å². The van der Waals surface area contributed by atoms with Crippen molar-refractivity contribution in [3.63, 3.8) is 0 Å². The van der Waals surface area contributed by atoms with E-state index >= 15 is 0 Å². The average molecular weight is 402 g/mol. The van der Waals surface area contributed by atoms with E-state index < -0.39 is 0 Å². The van der Waals surface area contributed by atoms with E-state index in [1.807, 2.05) is 19.9 Å². The number of nitrogens with one attached hydrogen (secondary N) is 3. The number of hydrogen-bond donors (Lipinski definition) is 3. The third kappa shape index (κ3) is 4.01. The molecule has 0 saturated heterocycles. The third-order valence-electron chi connectivity index (χ3n) is 6.26. The Bertz CT molecular complexity index is 807. The molecular formula is C20H30N6O3. The van der Waals surface area contributed by atoms with Crippen LogP contribution in [0.2, 0.25) is 0 Å². The van der Waals surface area contributed by atoms with Crippen LogP contribution in [0, 0.1) is 17.8 Å². The molecule has 2 fully saturated rings. The summed E-state index contributed by atoms with van der Waals surface area (Å²) < 4.78 is 5.10. The lowest BCUT2D eigenvalue weighted by Gasteiger charge is -2.17. The number of fused-ring (bicyclic) bond motifs is 1. The summed E-state index contributed by atoms with van der Waals surface area (Å²) in [7, 11) is 3.41. The average Bonchev–Trinajstić information content (AvgIpc) is 3.05. The number of hydrazone groups is 1. The summed E-state index contributed by atoms with van der Waals surface area (Å²) in [5.41, 5.74) is 1.89. The summed E-state index contributed by atoms with van der Waals surface area (Å²) in [4.78, 5) is 24.8. The maximum atomic E-state index is 12.6. The molecule has 1 aromatic rings. The fourth-order valence-electron chi connectivity index (χ4n) is 4.89. The van der Waals surface area contributed by atoms with Crippen molar-refractivity contribution in [2.45, 2.75) is 51.1 Å². The van der Waals surface area contributed by atoms with Crippen molar-refractivity contribution >= 4 is 23.3 Å². The molecule has 2 heterocycles. The lowest BCUT2D eigenvalue weighted by Crippen LogP contribution is -2.36. The molecule has 9 nitrogen and oxygen atoms in total. The van der Waals surface area contributed by atoms with E-state index in [1.165, 1.54) is 0 Å². The van der Waals surface area contributed by atoms with Gasteiger partial charge in [0.05, 0.1) is 12.3 Å². The Balaban J connectivity index is 1.28. The monoisotopic (exact) mass is 402 g/mol. The number of carbonyl (C=O) groups excluding carboxylic acids is 2. The Morgan fingerprint density at radius 3 is 2.69 bits per heavy atom. The fourth-order valence-corrected chi connectivity index (χ4v) is 4.89. The fraction of sp³-hybridized carbons (Fsp3) is 0.700. The number of amides is 2. The van der Waals surface area contributed by atoms with Crippen LogP contribution in [0.1, 0.15) is 44.7 Å². The molecule has 3 aliphatic rings. The number of anilines is 1. The molecule has 0 spiro atoms. The Morgan fingerprint density at radius 2 is 2.03 bits per heavy atom. The summed E-state index contributed by atoms with van der Waals surface area (Å²) in [5.74, 6) is 2.11. The van der Waals surface area contributed by atoms with Gasteiger partial charge in [-0.3, -0.25) is 19.7 Å². The number of carbonyl (C=O) groups is 2. The van der Waals surface area contributed by atoms with Gasteiger partial charge >= 0.3 is 0 Å². The van der Waals surface area contributed by atoms with Gasteiger partial charge in [-0.25, -0.2) is 0 Å². The van der Waals surface area contributed by atoms with Crippen LogP contribution < -0.4 is 10.6 Å². The largest absolute Gasteiger partial charge is 0.379 e. The van der Waals surface area contributed by atoms with Gasteiger partial charge in [0.1, 0.15) is 6.04 Å². The quantitative estimate of drug-likeness (QED) is 0.637. The highest BCUT2D eigenvalue weighted by molar-refractivity contribution is 6.00. The first-order valence-corrected chi connectivity index (χ1v) is 10.3. The Kier molecular flexibility index (Phi) is 5.33. The molecule has 5 atom stereocenters. The lowest BCUT2D eigenvalue weighted by molar-refractivity contribution is -0.123. The maximum Gasteiger partial charge on any atom is 0.250 e. The molecular weight excluding hydrogens is 372 g/mol. The minimum absolute atomic E-state index is 0.125. The summed E-state index contributed by atoms with van der Waals surface area (Å²) in [6.07, 6.45) is 2.55. The van der Waals surface area contributed by atoms with Gasteiger partial charge < -0.3 is 15.4 Å². The van der Waals surface area contributed by atoms with Crippen molar-refractivity contribution in [2.75, 3.05) is 26.1 Å². The van der Waals surface area contributed by atoms with E-state index in [4.69, 9.17) is 4.74 Å². The smallest absolute Gasteiger partial charge is 0.250 e.